The van der Waals surface area contributed by atoms with Crippen molar-refractivity contribution in [3.8, 4) is 0 Å². The second kappa shape index (κ2) is 7.70. The number of hydrogen-bond donors (Lipinski definition) is 1. The first kappa shape index (κ1) is 14.6. The van der Waals surface area contributed by atoms with Crippen molar-refractivity contribution >= 4 is 11.6 Å². The predicted octanol–water partition coefficient (Wildman–Crippen LogP) is 1.50. The molecular formula is C16H23N3O. The SMILES string of the molecule is C=CC(=O)NCCCN1CCN(c2ccccc2)CC1. The van der Waals surface area contributed by atoms with Crippen LogP contribution in [0.2, 0.25) is 0 Å². The Morgan fingerprint density at radius 3 is 2.55 bits per heavy atom. The Balaban J connectivity index is 1.64. The molecule has 0 radical (unpaired) electrons. The lowest BCUT2D eigenvalue weighted by Gasteiger charge is -2.36. The molecule has 1 fully saturated rings. The zero-order chi connectivity index (χ0) is 14.2. The first-order chi connectivity index (χ1) is 9.79. The highest BCUT2D eigenvalue weighted by Crippen LogP contribution is 2.15. The normalized spacial score (nSPS) is 15.9. The minimum Gasteiger partial charge on any atom is -0.369 e. The fourth-order valence-electron chi connectivity index (χ4n) is 2.45. The Labute approximate surface area is 121 Å². The van der Waals surface area contributed by atoms with Gasteiger partial charge in [-0.15, -0.1) is 0 Å². The number of amides is 1. The van der Waals surface area contributed by atoms with Gasteiger partial charge in [0.15, 0.2) is 0 Å². The van der Waals surface area contributed by atoms with Crippen molar-refractivity contribution in [1.29, 1.82) is 0 Å². The van der Waals surface area contributed by atoms with Gasteiger partial charge in [0.2, 0.25) is 5.91 Å². The Hall–Kier alpha value is -1.81. The lowest BCUT2D eigenvalue weighted by molar-refractivity contribution is -0.116. The Morgan fingerprint density at radius 2 is 1.90 bits per heavy atom. The smallest absolute Gasteiger partial charge is 0.243 e. The number of carbonyl (C=O) groups excluding carboxylic acids is 1. The van der Waals surface area contributed by atoms with E-state index in [2.05, 4.69) is 52.0 Å². The van der Waals surface area contributed by atoms with Gasteiger partial charge in [0.25, 0.3) is 0 Å². The van der Waals surface area contributed by atoms with Gasteiger partial charge in [0.05, 0.1) is 0 Å². The number of carbonyl (C=O) groups is 1. The van der Waals surface area contributed by atoms with Crippen LogP contribution in [0.25, 0.3) is 0 Å². The van der Waals surface area contributed by atoms with Crippen molar-refractivity contribution in [1.82, 2.24) is 10.2 Å². The molecule has 0 aliphatic carbocycles. The van der Waals surface area contributed by atoms with Gasteiger partial charge in [0, 0.05) is 38.4 Å². The number of hydrogen-bond acceptors (Lipinski definition) is 3. The Morgan fingerprint density at radius 1 is 1.20 bits per heavy atom. The van der Waals surface area contributed by atoms with Crippen molar-refractivity contribution in [2.75, 3.05) is 44.2 Å². The van der Waals surface area contributed by atoms with Gasteiger partial charge >= 0.3 is 0 Å². The van der Waals surface area contributed by atoms with Gasteiger partial charge in [-0.2, -0.15) is 0 Å². The summed E-state index contributed by atoms with van der Waals surface area (Å²) in [7, 11) is 0. The zero-order valence-corrected chi connectivity index (χ0v) is 11.9. The zero-order valence-electron chi connectivity index (χ0n) is 11.9. The summed E-state index contributed by atoms with van der Waals surface area (Å²) in [5, 5.41) is 2.81. The highest BCUT2D eigenvalue weighted by Gasteiger charge is 2.16. The van der Waals surface area contributed by atoms with Gasteiger partial charge in [-0.25, -0.2) is 0 Å². The summed E-state index contributed by atoms with van der Waals surface area (Å²) in [5.41, 5.74) is 1.31. The fourth-order valence-corrected chi connectivity index (χ4v) is 2.45. The molecule has 1 N–H and O–H groups in total. The summed E-state index contributed by atoms with van der Waals surface area (Å²) in [5.74, 6) is -0.0844. The maximum Gasteiger partial charge on any atom is 0.243 e. The van der Waals surface area contributed by atoms with Crippen LogP contribution in [0.1, 0.15) is 6.42 Å². The number of rotatable bonds is 6. The van der Waals surface area contributed by atoms with Crippen LogP contribution in [0.5, 0.6) is 0 Å². The van der Waals surface area contributed by atoms with Crippen molar-refractivity contribution in [3.63, 3.8) is 0 Å². The molecule has 0 spiro atoms. The second-order valence-electron chi connectivity index (χ2n) is 5.01. The molecule has 0 saturated carbocycles. The van der Waals surface area contributed by atoms with E-state index >= 15 is 0 Å². The third kappa shape index (κ3) is 4.38. The van der Waals surface area contributed by atoms with Gasteiger partial charge in [-0.1, -0.05) is 24.8 Å². The molecule has 0 bridgehead atoms. The van der Waals surface area contributed by atoms with E-state index in [-0.39, 0.29) is 5.91 Å². The average molecular weight is 273 g/mol. The van der Waals surface area contributed by atoms with Crippen molar-refractivity contribution in [2.24, 2.45) is 0 Å². The summed E-state index contributed by atoms with van der Waals surface area (Å²) in [4.78, 5) is 15.9. The van der Waals surface area contributed by atoms with Crippen LogP contribution in [0.3, 0.4) is 0 Å². The van der Waals surface area contributed by atoms with E-state index in [4.69, 9.17) is 0 Å². The number of nitrogens with one attached hydrogen (secondary N) is 1. The third-order valence-electron chi connectivity index (χ3n) is 3.63. The summed E-state index contributed by atoms with van der Waals surface area (Å²) >= 11 is 0. The highest BCUT2D eigenvalue weighted by atomic mass is 16.1. The number of nitrogens with zero attached hydrogens (tertiary/aromatic N) is 2. The van der Waals surface area contributed by atoms with E-state index in [1.807, 2.05) is 0 Å². The topological polar surface area (TPSA) is 35.6 Å². The van der Waals surface area contributed by atoms with Crippen LogP contribution >= 0.6 is 0 Å². The molecule has 0 unspecified atom stereocenters. The van der Waals surface area contributed by atoms with Crippen LogP contribution < -0.4 is 10.2 Å². The monoisotopic (exact) mass is 273 g/mol. The highest BCUT2D eigenvalue weighted by molar-refractivity contribution is 5.86. The Kier molecular flexibility index (Phi) is 5.62. The van der Waals surface area contributed by atoms with E-state index < -0.39 is 0 Å². The van der Waals surface area contributed by atoms with E-state index in [9.17, 15) is 4.79 Å². The molecule has 1 heterocycles. The van der Waals surface area contributed by atoms with Crippen LogP contribution in [-0.4, -0.2) is 50.1 Å². The molecule has 1 saturated heterocycles. The van der Waals surface area contributed by atoms with Crippen LogP contribution in [-0.2, 0) is 4.79 Å². The molecule has 1 amide bonds. The van der Waals surface area contributed by atoms with Crippen LogP contribution in [0.15, 0.2) is 43.0 Å². The molecule has 1 aliphatic rings. The van der Waals surface area contributed by atoms with Gasteiger partial charge in [-0.3, -0.25) is 9.69 Å². The lowest BCUT2D eigenvalue weighted by atomic mass is 10.2. The van der Waals surface area contributed by atoms with Crippen molar-refractivity contribution in [3.05, 3.63) is 43.0 Å². The minimum absolute atomic E-state index is 0.0844. The minimum atomic E-state index is -0.0844. The van der Waals surface area contributed by atoms with E-state index in [1.165, 1.54) is 11.8 Å². The first-order valence-corrected chi connectivity index (χ1v) is 7.22. The molecule has 4 nitrogen and oxygen atoms in total. The lowest BCUT2D eigenvalue weighted by Crippen LogP contribution is -2.47. The maximum atomic E-state index is 11.0. The van der Waals surface area contributed by atoms with E-state index in [1.54, 1.807) is 0 Å². The van der Waals surface area contributed by atoms with Crippen LogP contribution in [0, 0.1) is 0 Å². The largest absolute Gasteiger partial charge is 0.369 e. The van der Waals surface area contributed by atoms with Gasteiger partial charge in [-0.05, 0) is 31.2 Å². The van der Waals surface area contributed by atoms with Crippen LogP contribution in [0.4, 0.5) is 5.69 Å². The molecule has 1 aromatic rings. The standard InChI is InChI=1S/C16H23N3O/c1-2-16(20)17-9-6-10-18-11-13-19(14-12-18)15-7-4-3-5-8-15/h2-5,7-8H,1,6,9-14H2,(H,17,20). The molecule has 0 aromatic heterocycles. The molecule has 1 aliphatic heterocycles. The molecule has 1 aromatic carbocycles. The molecule has 108 valence electrons. The molecule has 4 heteroatoms. The van der Waals surface area contributed by atoms with Gasteiger partial charge in [0.1, 0.15) is 0 Å². The summed E-state index contributed by atoms with van der Waals surface area (Å²) in [6.07, 6.45) is 2.31. The molecular weight excluding hydrogens is 250 g/mol. The summed E-state index contributed by atoms with van der Waals surface area (Å²) < 4.78 is 0. The number of anilines is 1. The maximum absolute atomic E-state index is 11.0. The molecule has 20 heavy (non-hydrogen) atoms. The van der Waals surface area contributed by atoms with Crippen molar-refractivity contribution < 1.29 is 4.79 Å². The van der Waals surface area contributed by atoms with E-state index in [0.717, 1.165) is 45.7 Å². The number of para-hydroxylation sites is 1. The molecule has 0 atom stereocenters. The quantitative estimate of drug-likeness (QED) is 0.630. The first-order valence-electron chi connectivity index (χ1n) is 7.22. The average Bonchev–Trinajstić information content (AvgIpc) is 2.52. The van der Waals surface area contributed by atoms with Gasteiger partial charge < -0.3 is 10.2 Å². The van der Waals surface area contributed by atoms with Crippen molar-refractivity contribution in [2.45, 2.75) is 6.42 Å². The predicted molar refractivity (Wildman–Crippen MR) is 82.9 cm³/mol. The van der Waals surface area contributed by atoms with E-state index in [0.29, 0.717) is 0 Å². The fraction of sp³-hybridized carbons (Fsp3) is 0.438. The summed E-state index contributed by atoms with van der Waals surface area (Å²) in [6.45, 7) is 9.53. The third-order valence-corrected chi connectivity index (χ3v) is 3.63. The number of piperazine rings is 1. The molecule has 2 rings (SSSR count). The Bertz CT molecular complexity index is 425. The second-order valence-corrected chi connectivity index (χ2v) is 5.01. The summed E-state index contributed by atoms with van der Waals surface area (Å²) in [6, 6.07) is 10.6. The number of benzene rings is 1.